The Morgan fingerprint density at radius 2 is 2.10 bits per heavy atom. The SMILES string of the molecule is C[C@H]1CN(C(=O)c2cc(C#N)nn2C2CC2)Cc2onc([C@@](C)(O)C(F)(F)F)c21. The maximum atomic E-state index is 13.2. The van der Waals surface area contributed by atoms with E-state index in [1.165, 1.54) is 11.0 Å². The molecule has 1 aliphatic carbocycles. The number of aliphatic hydroxyl groups is 1. The highest BCUT2D eigenvalue weighted by Crippen LogP contribution is 2.44. The van der Waals surface area contributed by atoms with Crippen LogP contribution in [0.3, 0.4) is 0 Å². The minimum Gasteiger partial charge on any atom is -0.375 e. The Morgan fingerprint density at radius 1 is 1.41 bits per heavy atom. The lowest BCUT2D eigenvalue weighted by atomic mass is 9.87. The molecule has 0 aromatic carbocycles. The van der Waals surface area contributed by atoms with Gasteiger partial charge in [0.05, 0.1) is 12.6 Å². The summed E-state index contributed by atoms with van der Waals surface area (Å²) in [5.41, 5.74) is -3.16. The lowest BCUT2D eigenvalue weighted by Gasteiger charge is -2.32. The van der Waals surface area contributed by atoms with Crippen molar-refractivity contribution in [3.63, 3.8) is 0 Å². The molecule has 2 aromatic heterocycles. The van der Waals surface area contributed by atoms with Crippen LogP contribution in [0.2, 0.25) is 0 Å². The molecule has 0 spiro atoms. The van der Waals surface area contributed by atoms with Crippen LogP contribution in [0.1, 0.15) is 71.8 Å². The predicted octanol–water partition coefficient (Wildman–Crippen LogP) is 2.61. The third kappa shape index (κ3) is 3.07. The average Bonchev–Trinajstić information content (AvgIpc) is 3.24. The molecule has 2 atom stereocenters. The van der Waals surface area contributed by atoms with Crippen LogP contribution in [0.5, 0.6) is 0 Å². The van der Waals surface area contributed by atoms with E-state index in [9.17, 15) is 23.1 Å². The molecule has 1 aliphatic heterocycles. The van der Waals surface area contributed by atoms with Crippen molar-refractivity contribution < 1.29 is 27.6 Å². The summed E-state index contributed by atoms with van der Waals surface area (Å²) in [6, 6.07) is 3.42. The smallest absolute Gasteiger partial charge is 0.375 e. The molecule has 8 nitrogen and oxygen atoms in total. The number of rotatable bonds is 3. The summed E-state index contributed by atoms with van der Waals surface area (Å²) in [4.78, 5) is 14.5. The van der Waals surface area contributed by atoms with Gasteiger partial charge in [-0.25, -0.2) is 0 Å². The molecule has 1 fully saturated rings. The van der Waals surface area contributed by atoms with Gasteiger partial charge in [-0.1, -0.05) is 12.1 Å². The maximum absolute atomic E-state index is 13.2. The summed E-state index contributed by atoms with van der Waals surface area (Å²) in [6.45, 7) is 2.31. The zero-order valence-corrected chi connectivity index (χ0v) is 15.7. The van der Waals surface area contributed by atoms with Gasteiger partial charge in [-0.2, -0.15) is 23.5 Å². The largest absolute Gasteiger partial charge is 0.422 e. The first-order valence-electron chi connectivity index (χ1n) is 9.11. The third-order valence-corrected chi connectivity index (χ3v) is 5.39. The van der Waals surface area contributed by atoms with Crippen molar-refractivity contribution in [1.29, 1.82) is 5.26 Å². The average molecular weight is 409 g/mol. The Balaban J connectivity index is 1.65. The fraction of sp³-hybridized carbons (Fsp3) is 0.556. The molecule has 0 saturated heterocycles. The van der Waals surface area contributed by atoms with Gasteiger partial charge in [0, 0.05) is 24.1 Å². The van der Waals surface area contributed by atoms with E-state index in [-0.39, 0.29) is 47.8 Å². The van der Waals surface area contributed by atoms with E-state index < -0.39 is 23.4 Å². The number of hydrogen-bond acceptors (Lipinski definition) is 6. The number of nitriles is 1. The molecule has 29 heavy (non-hydrogen) atoms. The molecule has 154 valence electrons. The highest BCUT2D eigenvalue weighted by atomic mass is 19.4. The number of carbonyl (C=O) groups is 1. The first kappa shape index (κ1) is 19.4. The Bertz CT molecular complexity index is 1010. The summed E-state index contributed by atoms with van der Waals surface area (Å²) in [7, 11) is 0. The molecule has 0 bridgehead atoms. The van der Waals surface area contributed by atoms with E-state index in [1.54, 1.807) is 11.6 Å². The standard InChI is InChI=1S/C18H18F3N5O3/c1-9-7-25(16(27)12-5-10(6-22)23-26(12)11-3-4-11)8-13-14(9)15(24-29-13)17(2,28)18(19,20)21/h5,9,11,28H,3-4,7-8H2,1-2H3/t9-,17+/m0/s1. The number of halogens is 3. The summed E-state index contributed by atoms with van der Waals surface area (Å²) in [5, 5.41) is 26.7. The first-order valence-corrected chi connectivity index (χ1v) is 9.11. The van der Waals surface area contributed by atoms with Crippen LogP contribution in [0.4, 0.5) is 13.2 Å². The molecule has 1 N–H and O–H groups in total. The van der Waals surface area contributed by atoms with Crippen LogP contribution < -0.4 is 0 Å². The lowest BCUT2D eigenvalue weighted by Crippen LogP contribution is -2.42. The minimum atomic E-state index is -4.92. The van der Waals surface area contributed by atoms with Gasteiger partial charge in [0.1, 0.15) is 17.5 Å². The highest BCUT2D eigenvalue weighted by Gasteiger charge is 2.55. The molecule has 2 aromatic rings. The number of hydrogen-bond donors (Lipinski definition) is 1. The fourth-order valence-electron chi connectivity index (χ4n) is 3.62. The normalized spacial score (nSPS) is 21.4. The number of amides is 1. The van der Waals surface area contributed by atoms with Crippen molar-refractivity contribution in [3.8, 4) is 6.07 Å². The second kappa shape index (κ2) is 6.32. The van der Waals surface area contributed by atoms with E-state index in [4.69, 9.17) is 9.78 Å². The van der Waals surface area contributed by atoms with Gasteiger partial charge in [0.15, 0.2) is 11.5 Å². The van der Waals surface area contributed by atoms with Crippen LogP contribution in [0, 0.1) is 11.3 Å². The van der Waals surface area contributed by atoms with Crippen molar-refractivity contribution in [2.45, 2.75) is 57.0 Å². The zero-order chi connectivity index (χ0) is 21.1. The molecule has 11 heteroatoms. The molecule has 4 rings (SSSR count). The van der Waals surface area contributed by atoms with Crippen LogP contribution in [0.25, 0.3) is 0 Å². The minimum absolute atomic E-state index is 0.0765. The maximum Gasteiger partial charge on any atom is 0.422 e. The third-order valence-electron chi connectivity index (χ3n) is 5.39. The van der Waals surface area contributed by atoms with E-state index in [1.807, 2.05) is 6.07 Å². The monoisotopic (exact) mass is 409 g/mol. The van der Waals surface area contributed by atoms with Gasteiger partial charge in [0.2, 0.25) is 5.60 Å². The second-order valence-electron chi connectivity index (χ2n) is 7.73. The van der Waals surface area contributed by atoms with Gasteiger partial charge in [-0.3, -0.25) is 9.48 Å². The summed E-state index contributed by atoms with van der Waals surface area (Å²) < 4.78 is 46.4. The van der Waals surface area contributed by atoms with Crippen molar-refractivity contribution in [3.05, 3.63) is 34.5 Å². The van der Waals surface area contributed by atoms with Gasteiger partial charge in [-0.15, -0.1) is 0 Å². The second-order valence-corrected chi connectivity index (χ2v) is 7.73. The van der Waals surface area contributed by atoms with Crippen LogP contribution >= 0.6 is 0 Å². The zero-order valence-electron chi connectivity index (χ0n) is 15.7. The van der Waals surface area contributed by atoms with E-state index in [0.717, 1.165) is 12.8 Å². The molecule has 1 amide bonds. The van der Waals surface area contributed by atoms with E-state index in [0.29, 0.717) is 6.92 Å². The van der Waals surface area contributed by atoms with Crippen LogP contribution in [0.15, 0.2) is 10.6 Å². The number of aromatic nitrogens is 3. The van der Waals surface area contributed by atoms with Gasteiger partial charge in [0.25, 0.3) is 5.91 Å². The van der Waals surface area contributed by atoms with Gasteiger partial charge >= 0.3 is 6.18 Å². The van der Waals surface area contributed by atoms with Crippen LogP contribution in [-0.2, 0) is 12.1 Å². The van der Waals surface area contributed by atoms with Gasteiger partial charge < -0.3 is 14.5 Å². The summed E-state index contributed by atoms with van der Waals surface area (Å²) >= 11 is 0. The Labute approximate surface area is 163 Å². The topological polar surface area (TPSA) is 108 Å². The molecule has 0 unspecified atom stereocenters. The molecule has 3 heterocycles. The van der Waals surface area contributed by atoms with Crippen molar-refractivity contribution in [2.24, 2.45) is 0 Å². The molecular weight excluding hydrogens is 391 g/mol. The number of nitrogens with zero attached hydrogens (tertiary/aromatic N) is 5. The molecule has 1 saturated carbocycles. The molecule has 0 radical (unpaired) electrons. The number of carbonyl (C=O) groups excluding carboxylic acids is 1. The quantitative estimate of drug-likeness (QED) is 0.835. The molecule has 2 aliphatic rings. The Morgan fingerprint density at radius 3 is 2.69 bits per heavy atom. The number of alkyl halides is 3. The van der Waals surface area contributed by atoms with Crippen molar-refractivity contribution in [2.75, 3.05) is 6.54 Å². The fourth-order valence-corrected chi connectivity index (χ4v) is 3.62. The van der Waals surface area contributed by atoms with Crippen LogP contribution in [-0.4, -0.2) is 43.6 Å². The number of fused-ring (bicyclic) bond motifs is 1. The predicted molar refractivity (Wildman–Crippen MR) is 90.5 cm³/mol. The first-order chi connectivity index (χ1) is 13.5. The van der Waals surface area contributed by atoms with E-state index >= 15 is 0 Å². The van der Waals surface area contributed by atoms with Gasteiger partial charge in [-0.05, 0) is 19.8 Å². The Kier molecular flexibility index (Phi) is 4.24. The van der Waals surface area contributed by atoms with E-state index in [2.05, 4.69) is 10.3 Å². The highest BCUT2D eigenvalue weighted by molar-refractivity contribution is 5.93. The lowest BCUT2D eigenvalue weighted by molar-refractivity contribution is -0.261. The van der Waals surface area contributed by atoms with Crippen molar-refractivity contribution in [1.82, 2.24) is 19.8 Å². The molecular formula is C18H18F3N5O3. The summed E-state index contributed by atoms with van der Waals surface area (Å²) in [6.07, 6.45) is -3.19. The summed E-state index contributed by atoms with van der Waals surface area (Å²) in [5.74, 6) is -0.816. The Hall–Kier alpha value is -2.87. The van der Waals surface area contributed by atoms with Crippen molar-refractivity contribution >= 4 is 5.91 Å².